The van der Waals surface area contributed by atoms with Crippen molar-refractivity contribution in [1.82, 2.24) is 9.38 Å². The number of nitrogens with zero attached hydrogens (tertiary/aromatic N) is 2. The van der Waals surface area contributed by atoms with Gasteiger partial charge in [-0.2, -0.15) is 0 Å². The maximum atomic E-state index is 12.9. The topological polar surface area (TPSA) is 55.6 Å². The molecule has 0 unspecified atom stereocenters. The second kappa shape index (κ2) is 8.08. The first-order valence-electron chi connectivity index (χ1n) is 9.84. The van der Waals surface area contributed by atoms with E-state index >= 15 is 0 Å². The number of rotatable bonds is 5. The lowest BCUT2D eigenvalue weighted by atomic mass is 10.1. The third-order valence-electron chi connectivity index (χ3n) is 4.88. The Morgan fingerprint density at radius 2 is 1.65 bits per heavy atom. The molecule has 5 rings (SSSR count). The second-order valence-electron chi connectivity index (χ2n) is 7.16. The van der Waals surface area contributed by atoms with Crippen LogP contribution in [0.5, 0.6) is 11.5 Å². The molecule has 0 aliphatic heterocycles. The lowest BCUT2D eigenvalue weighted by Gasteiger charge is -2.08. The van der Waals surface area contributed by atoms with Gasteiger partial charge in [-0.05, 0) is 43.3 Å². The molecule has 152 valence electrons. The first-order chi connectivity index (χ1) is 15.2. The number of thiazole rings is 1. The highest BCUT2D eigenvalue weighted by atomic mass is 32.1. The molecule has 0 radical (unpaired) electrons. The summed E-state index contributed by atoms with van der Waals surface area (Å²) in [4.78, 5) is 18.3. The third-order valence-corrected chi connectivity index (χ3v) is 5.72. The summed E-state index contributed by atoms with van der Waals surface area (Å²) < 4.78 is 7.63. The average Bonchev–Trinajstić information content (AvgIpc) is 3.37. The summed E-state index contributed by atoms with van der Waals surface area (Å²) >= 11 is 1.45. The monoisotopic (exact) mass is 425 g/mol. The molecule has 1 amide bonds. The van der Waals surface area contributed by atoms with E-state index < -0.39 is 0 Å². The first-order valence-corrected chi connectivity index (χ1v) is 10.7. The van der Waals surface area contributed by atoms with Gasteiger partial charge < -0.3 is 10.1 Å². The third kappa shape index (κ3) is 4.06. The van der Waals surface area contributed by atoms with Gasteiger partial charge in [0, 0.05) is 22.8 Å². The lowest BCUT2D eigenvalue weighted by molar-refractivity contribution is 0.102. The van der Waals surface area contributed by atoms with E-state index in [-0.39, 0.29) is 5.91 Å². The fraction of sp³-hybridized carbons (Fsp3) is 0.0400. The summed E-state index contributed by atoms with van der Waals surface area (Å²) in [6.07, 6.45) is 1.90. The molecule has 0 aliphatic carbocycles. The van der Waals surface area contributed by atoms with Crippen molar-refractivity contribution in [1.29, 1.82) is 0 Å². The van der Waals surface area contributed by atoms with Crippen LogP contribution in [0.1, 0.15) is 16.1 Å². The van der Waals surface area contributed by atoms with E-state index in [1.54, 1.807) is 0 Å². The molecule has 1 N–H and O–H groups in total. The van der Waals surface area contributed by atoms with Gasteiger partial charge in [0.15, 0.2) is 4.96 Å². The minimum atomic E-state index is -0.184. The maximum Gasteiger partial charge on any atom is 0.273 e. The van der Waals surface area contributed by atoms with Crippen LogP contribution in [-0.4, -0.2) is 15.3 Å². The Bertz CT molecular complexity index is 1340. The number of aryl methyl sites for hydroxylation is 1. The van der Waals surface area contributed by atoms with E-state index in [4.69, 9.17) is 4.74 Å². The van der Waals surface area contributed by atoms with Gasteiger partial charge in [-0.15, -0.1) is 11.3 Å². The predicted octanol–water partition coefficient (Wildman–Crippen LogP) is 6.42. The van der Waals surface area contributed by atoms with Gasteiger partial charge in [0.2, 0.25) is 0 Å². The molecule has 0 atom stereocenters. The highest BCUT2D eigenvalue weighted by Gasteiger charge is 2.15. The number of hydrogen-bond acceptors (Lipinski definition) is 4. The number of imidazole rings is 1. The van der Waals surface area contributed by atoms with E-state index in [0.29, 0.717) is 17.1 Å². The van der Waals surface area contributed by atoms with Gasteiger partial charge in [-0.1, -0.05) is 48.0 Å². The maximum absolute atomic E-state index is 12.9. The summed E-state index contributed by atoms with van der Waals surface area (Å²) in [6, 6.07) is 25.1. The molecule has 0 fully saturated rings. The van der Waals surface area contributed by atoms with Crippen molar-refractivity contribution in [3.8, 4) is 22.8 Å². The fourth-order valence-corrected chi connectivity index (χ4v) is 4.09. The Balaban J connectivity index is 1.32. The van der Waals surface area contributed by atoms with Crippen molar-refractivity contribution in [2.75, 3.05) is 5.32 Å². The zero-order valence-electron chi connectivity index (χ0n) is 16.8. The van der Waals surface area contributed by atoms with E-state index in [0.717, 1.165) is 22.0 Å². The van der Waals surface area contributed by atoms with Crippen LogP contribution < -0.4 is 10.1 Å². The minimum Gasteiger partial charge on any atom is -0.457 e. The number of fused-ring (bicyclic) bond motifs is 1. The van der Waals surface area contributed by atoms with Gasteiger partial charge in [0.25, 0.3) is 5.91 Å². The van der Waals surface area contributed by atoms with E-state index in [9.17, 15) is 4.79 Å². The van der Waals surface area contributed by atoms with Crippen LogP contribution in [0, 0.1) is 6.92 Å². The fourth-order valence-electron chi connectivity index (χ4n) is 3.24. The smallest absolute Gasteiger partial charge is 0.273 e. The van der Waals surface area contributed by atoms with Gasteiger partial charge in [0.1, 0.15) is 17.2 Å². The largest absolute Gasteiger partial charge is 0.457 e. The van der Waals surface area contributed by atoms with Crippen molar-refractivity contribution in [3.05, 3.63) is 102 Å². The SMILES string of the molecule is Cc1ccc(-c2cn3c(C(=O)Nc4ccc(Oc5ccccc5)cc4)csc3n2)cc1. The van der Waals surface area contributed by atoms with Crippen LogP contribution in [0.3, 0.4) is 0 Å². The van der Waals surface area contributed by atoms with Crippen LogP contribution >= 0.6 is 11.3 Å². The zero-order valence-corrected chi connectivity index (χ0v) is 17.6. The number of carbonyl (C=O) groups excluding carboxylic acids is 1. The Labute approximate surface area is 183 Å². The number of amides is 1. The van der Waals surface area contributed by atoms with Gasteiger partial charge in [-0.25, -0.2) is 4.98 Å². The van der Waals surface area contributed by atoms with Crippen LogP contribution in [-0.2, 0) is 0 Å². The van der Waals surface area contributed by atoms with Crippen molar-refractivity contribution in [3.63, 3.8) is 0 Å². The van der Waals surface area contributed by atoms with Crippen LogP contribution in [0.25, 0.3) is 16.2 Å². The van der Waals surface area contributed by atoms with Crippen molar-refractivity contribution >= 4 is 27.9 Å². The van der Waals surface area contributed by atoms with E-state index in [1.165, 1.54) is 16.9 Å². The first kappa shape index (κ1) is 19.1. The predicted molar refractivity (Wildman–Crippen MR) is 124 cm³/mol. The van der Waals surface area contributed by atoms with Crippen LogP contribution in [0.4, 0.5) is 5.69 Å². The molecule has 0 bridgehead atoms. The van der Waals surface area contributed by atoms with Gasteiger partial charge >= 0.3 is 0 Å². The number of nitrogens with one attached hydrogen (secondary N) is 1. The van der Waals surface area contributed by atoms with Crippen LogP contribution in [0.15, 0.2) is 90.4 Å². The summed E-state index contributed by atoms with van der Waals surface area (Å²) in [5.41, 5.74) is 4.33. The number of benzene rings is 3. The molecule has 6 heteroatoms. The Kier molecular flexibility index (Phi) is 4.98. The molecule has 2 aromatic heterocycles. The molecule has 2 heterocycles. The summed E-state index contributed by atoms with van der Waals surface area (Å²) in [6.45, 7) is 2.05. The van der Waals surface area contributed by atoms with Gasteiger partial charge in [-0.3, -0.25) is 9.20 Å². The minimum absolute atomic E-state index is 0.184. The summed E-state index contributed by atoms with van der Waals surface area (Å²) in [7, 11) is 0. The lowest BCUT2D eigenvalue weighted by Crippen LogP contribution is -2.13. The average molecular weight is 426 g/mol. The van der Waals surface area contributed by atoms with Gasteiger partial charge in [0.05, 0.1) is 5.69 Å². The number of hydrogen-bond donors (Lipinski definition) is 1. The zero-order chi connectivity index (χ0) is 21.2. The summed E-state index contributed by atoms with van der Waals surface area (Å²) in [5, 5.41) is 4.77. The molecule has 3 aromatic carbocycles. The molecule has 0 spiro atoms. The summed E-state index contributed by atoms with van der Waals surface area (Å²) in [5.74, 6) is 1.29. The quantitative estimate of drug-likeness (QED) is 0.354. The molecule has 31 heavy (non-hydrogen) atoms. The molecule has 0 aliphatic rings. The molecule has 0 saturated heterocycles. The molecular weight excluding hydrogens is 406 g/mol. The molecule has 5 aromatic rings. The van der Waals surface area contributed by atoms with Crippen LogP contribution in [0.2, 0.25) is 0 Å². The molecule has 0 saturated carbocycles. The van der Waals surface area contributed by atoms with Crippen molar-refractivity contribution in [2.45, 2.75) is 6.92 Å². The molecule has 5 nitrogen and oxygen atoms in total. The number of aromatic nitrogens is 2. The van der Waals surface area contributed by atoms with Crippen molar-refractivity contribution < 1.29 is 9.53 Å². The molecular formula is C25H19N3O2S. The highest BCUT2D eigenvalue weighted by molar-refractivity contribution is 7.15. The number of anilines is 1. The number of ether oxygens (including phenoxy) is 1. The highest BCUT2D eigenvalue weighted by Crippen LogP contribution is 2.26. The number of carbonyl (C=O) groups is 1. The van der Waals surface area contributed by atoms with E-state index in [1.807, 2.05) is 82.7 Å². The Morgan fingerprint density at radius 1 is 0.935 bits per heavy atom. The Morgan fingerprint density at radius 3 is 2.39 bits per heavy atom. The Hall–Kier alpha value is -3.90. The second-order valence-corrected chi connectivity index (χ2v) is 8.00. The number of para-hydroxylation sites is 1. The van der Waals surface area contributed by atoms with E-state index in [2.05, 4.69) is 29.4 Å². The van der Waals surface area contributed by atoms with Crippen molar-refractivity contribution in [2.24, 2.45) is 0 Å². The normalized spacial score (nSPS) is 10.9. The standard InChI is InChI=1S/C25H19N3O2S/c1-17-7-9-18(10-8-17)22-15-28-23(16-31-25(28)27-22)24(29)26-19-11-13-21(14-12-19)30-20-5-3-2-4-6-20/h2-16H,1H3,(H,26,29).